The molecule has 0 aliphatic carbocycles. The van der Waals surface area contributed by atoms with Gasteiger partial charge in [-0.1, -0.05) is 0 Å². The van der Waals surface area contributed by atoms with Gasteiger partial charge in [0.25, 0.3) is 0 Å². The molecule has 0 radical (unpaired) electrons. The van der Waals surface area contributed by atoms with Gasteiger partial charge in [-0.05, 0) is 6.07 Å². The minimum absolute atomic E-state index is 0.396. The molecule has 72 valence electrons. The maximum absolute atomic E-state index is 12.4. The van der Waals surface area contributed by atoms with Crippen molar-refractivity contribution >= 4 is 5.95 Å². The van der Waals surface area contributed by atoms with Gasteiger partial charge in [0.05, 0.1) is 24.9 Å². The van der Waals surface area contributed by atoms with Crippen molar-refractivity contribution in [3.05, 3.63) is 42.4 Å². The van der Waals surface area contributed by atoms with Crippen molar-refractivity contribution < 1.29 is 8.81 Å². The van der Waals surface area contributed by atoms with Crippen LogP contribution in [0.15, 0.2) is 35.4 Å². The molecule has 0 amide bonds. The van der Waals surface area contributed by atoms with E-state index >= 15 is 0 Å². The van der Waals surface area contributed by atoms with Crippen LogP contribution in [0, 0.1) is 5.82 Å². The molecule has 0 atom stereocenters. The lowest BCUT2D eigenvalue weighted by Gasteiger charge is -2.00. The minimum atomic E-state index is -0.445. The third-order valence-corrected chi connectivity index (χ3v) is 1.65. The van der Waals surface area contributed by atoms with Crippen molar-refractivity contribution in [3.63, 3.8) is 0 Å². The van der Waals surface area contributed by atoms with E-state index in [0.29, 0.717) is 12.5 Å². The number of furan rings is 1. The predicted octanol–water partition coefficient (Wildman–Crippen LogP) is 1.82. The third-order valence-electron chi connectivity index (χ3n) is 1.65. The summed E-state index contributed by atoms with van der Waals surface area (Å²) in [6.45, 7) is 0.558. The minimum Gasteiger partial charge on any atom is -0.472 e. The molecule has 14 heavy (non-hydrogen) atoms. The van der Waals surface area contributed by atoms with Gasteiger partial charge in [-0.25, -0.2) is 14.4 Å². The van der Waals surface area contributed by atoms with Gasteiger partial charge in [-0.2, -0.15) is 0 Å². The number of nitrogens with zero attached hydrogens (tertiary/aromatic N) is 2. The van der Waals surface area contributed by atoms with Crippen LogP contribution in [0.4, 0.5) is 10.3 Å². The zero-order valence-corrected chi connectivity index (χ0v) is 7.27. The van der Waals surface area contributed by atoms with Crippen LogP contribution in [-0.4, -0.2) is 9.97 Å². The summed E-state index contributed by atoms with van der Waals surface area (Å²) >= 11 is 0. The smallest absolute Gasteiger partial charge is 0.223 e. The molecule has 0 spiro atoms. The fourth-order valence-electron chi connectivity index (χ4n) is 0.978. The Bertz CT molecular complexity index is 385. The first kappa shape index (κ1) is 8.68. The Hall–Kier alpha value is -1.91. The molecule has 0 aromatic carbocycles. The number of hydrogen-bond donors (Lipinski definition) is 1. The number of anilines is 1. The summed E-state index contributed by atoms with van der Waals surface area (Å²) in [5, 5.41) is 2.93. The molecular weight excluding hydrogens is 185 g/mol. The maximum atomic E-state index is 12.4. The molecule has 0 aliphatic rings. The Kier molecular flexibility index (Phi) is 2.40. The molecule has 0 aliphatic heterocycles. The highest BCUT2D eigenvalue weighted by Crippen LogP contribution is 2.03. The number of rotatable bonds is 3. The lowest BCUT2D eigenvalue weighted by atomic mass is 10.3. The first-order valence-electron chi connectivity index (χ1n) is 4.07. The van der Waals surface area contributed by atoms with Crippen molar-refractivity contribution in [2.24, 2.45) is 0 Å². The van der Waals surface area contributed by atoms with Crippen LogP contribution in [0.2, 0.25) is 0 Å². The number of nitrogens with one attached hydrogen (secondary N) is 1. The van der Waals surface area contributed by atoms with Gasteiger partial charge < -0.3 is 9.73 Å². The van der Waals surface area contributed by atoms with Crippen molar-refractivity contribution in [1.29, 1.82) is 0 Å². The van der Waals surface area contributed by atoms with Crippen LogP contribution in [0.5, 0.6) is 0 Å². The maximum Gasteiger partial charge on any atom is 0.223 e. The van der Waals surface area contributed by atoms with Crippen molar-refractivity contribution in [3.8, 4) is 0 Å². The molecule has 5 heteroatoms. The van der Waals surface area contributed by atoms with Crippen LogP contribution in [0.3, 0.4) is 0 Å². The summed E-state index contributed by atoms with van der Waals surface area (Å²) in [6.07, 6.45) is 5.44. The zero-order valence-electron chi connectivity index (χ0n) is 7.27. The topological polar surface area (TPSA) is 51.0 Å². The molecular formula is C9H8FN3O. The van der Waals surface area contributed by atoms with E-state index in [1.54, 1.807) is 12.5 Å². The highest BCUT2D eigenvalue weighted by atomic mass is 19.1. The van der Waals surface area contributed by atoms with Crippen molar-refractivity contribution in [2.75, 3.05) is 5.32 Å². The van der Waals surface area contributed by atoms with E-state index in [1.165, 1.54) is 0 Å². The number of halogens is 1. The van der Waals surface area contributed by atoms with Gasteiger partial charge in [-0.3, -0.25) is 0 Å². The standard InChI is InChI=1S/C9H8FN3O/c10-8-4-12-9(13-5-8)11-3-7-1-2-14-6-7/h1-2,4-6H,3H2,(H,11,12,13). The molecule has 2 heterocycles. The van der Waals surface area contributed by atoms with E-state index in [1.807, 2.05) is 6.07 Å². The largest absolute Gasteiger partial charge is 0.472 e. The Morgan fingerprint density at radius 1 is 1.36 bits per heavy atom. The predicted molar refractivity (Wildman–Crippen MR) is 48.0 cm³/mol. The van der Waals surface area contributed by atoms with Gasteiger partial charge in [0.2, 0.25) is 5.95 Å². The molecule has 1 N–H and O–H groups in total. The van der Waals surface area contributed by atoms with Gasteiger partial charge in [0, 0.05) is 12.1 Å². The lowest BCUT2D eigenvalue weighted by Crippen LogP contribution is -2.02. The number of hydrogen-bond acceptors (Lipinski definition) is 4. The van der Waals surface area contributed by atoms with Crippen LogP contribution < -0.4 is 5.32 Å². The SMILES string of the molecule is Fc1cnc(NCc2ccoc2)nc1. The Morgan fingerprint density at radius 3 is 2.79 bits per heavy atom. The van der Waals surface area contributed by atoms with E-state index in [-0.39, 0.29) is 0 Å². The van der Waals surface area contributed by atoms with Crippen LogP contribution >= 0.6 is 0 Å². The second kappa shape index (κ2) is 3.87. The number of aromatic nitrogens is 2. The normalized spacial score (nSPS) is 10.1. The molecule has 2 rings (SSSR count). The zero-order chi connectivity index (χ0) is 9.80. The summed E-state index contributed by atoms with van der Waals surface area (Å²) in [5.74, 6) is -0.0496. The summed E-state index contributed by atoms with van der Waals surface area (Å²) < 4.78 is 17.3. The van der Waals surface area contributed by atoms with Crippen molar-refractivity contribution in [1.82, 2.24) is 9.97 Å². The van der Waals surface area contributed by atoms with Gasteiger partial charge in [0.15, 0.2) is 5.82 Å². The molecule has 2 aromatic rings. The highest BCUT2D eigenvalue weighted by molar-refractivity contribution is 5.24. The monoisotopic (exact) mass is 193 g/mol. The Balaban J connectivity index is 1.95. The summed E-state index contributed by atoms with van der Waals surface area (Å²) in [4.78, 5) is 7.50. The van der Waals surface area contributed by atoms with Gasteiger partial charge in [-0.15, -0.1) is 0 Å². The average Bonchev–Trinajstić information content (AvgIpc) is 2.70. The third kappa shape index (κ3) is 2.07. The lowest BCUT2D eigenvalue weighted by molar-refractivity contribution is 0.564. The molecule has 0 bridgehead atoms. The van der Waals surface area contributed by atoms with Crippen LogP contribution in [0.25, 0.3) is 0 Å². The fraction of sp³-hybridized carbons (Fsp3) is 0.111. The summed E-state index contributed by atoms with van der Waals surface area (Å²) in [5.41, 5.74) is 0.984. The molecule has 0 saturated carbocycles. The molecule has 0 fully saturated rings. The van der Waals surface area contributed by atoms with Gasteiger partial charge in [0.1, 0.15) is 0 Å². The second-order valence-electron chi connectivity index (χ2n) is 2.71. The van der Waals surface area contributed by atoms with E-state index in [0.717, 1.165) is 18.0 Å². The molecule has 2 aromatic heterocycles. The van der Waals surface area contributed by atoms with E-state index in [2.05, 4.69) is 15.3 Å². The molecule has 4 nitrogen and oxygen atoms in total. The van der Waals surface area contributed by atoms with E-state index < -0.39 is 5.82 Å². The van der Waals surface area contributed by atoms with E-state index in [9.17, 15) is 4.39 Å². The first-order valence-corrected chi connectivity index (χ1v) is 4.07. The summed E-state index contributed by atoms with van der Waals surface area (Å²) in [6, 6.07) is 1.83. The summed E-state index contributed by atoms with van der Waals surface area (Å²) in [7, 11) is 0. The molecule has 0 unspecified atom stereocenters. The van der Waals surface area contributed by atoms with Crippen LogP contribution in [0.1, 0.15) is 5.56 Å². The van der Waals surface area contributed by atoms with Gasteiger partial charge >= 0.3 is 0 Å². The Labute approximate surface area is 79.8 Å². The quantitative estimate of drug-likeness (QED) is 0.807. The van der Waals surface area contributed by atoms with Crippen molar-refractivity contribution in [2.45, 2.75) is 6.54 Å². The first-order chi connectivity index (χ1) is 6.84. The van der Waals surface area contributed by atoms with E-state index in [4.69, 9.17) is 4.42 Å². The van der Waals surface area contributed by atoms with Crippen LogP contribution in [-0.2, 0) is 6.54 Å². The second-order valence-corrected chi connectivity index (χ2v) is 2.71. The Morgan fingerprint density at radius 2 is 2.14 bits per heavy atom. The fourth-order valence-corrected chi connectivity index (χ4v) is 0.978. The highest BCUT2D eigenvalue weighted by Gasteiger charge is 1.97. The average molecular weight is 193 g/mol. The molecule has 0 saturated heterocycles.